The van der Waals surface area contributed by atoms with Crippen LogP contribution in [0.4, 0.5) is 0 Å². The highest BCUT2D eigenvalue weighted by Gasteiger charge is 2.13. The molecule has 1 aromatic carbocycles. The summed E-state index contributed by atoms with van der Waals surface area (Å²) in [6.07, 6.45) is 1.15. The minimum atomic E-state index is 0.267. The third kappa shape index (κ3) is 3.18. The lowest BCUT2D eigenvalue weighted by atomic mass is 9.99. The van der Waals surface area contributed by atoms with Crippen LogP contribution in [-0.2, 0) is 6.42 Å². The molecule has 0 fully saturated rings. The van der Waals surface area contributed by atoms with E-state index in [2.05, 4.69) is 61.4 Å². The van der Waals surface area contributed by atoms with E-state index < -0.39 is 0 Å². The summed E-state index contributed by atoms with van der Waals surface area (Å²) in [5, 5.41) is 2.11. The molecule has 1 nitrogen and oxygen atoms in total. The molecule has 90 valence electrons. The number of thiophene rings is 1. The second kappa shape index (κ2) is 5.48. The van der Waals surface area contributed by atoms with E-state index in [4.69, 9.17) is 0 Å². The normalized spacial score (nSPS) is 12.9. The summed E-state index contributed by atoms with van der Waals surface area (Å²) in [4.78, 5) is 1.33. The Balaban J connectivity index is 2.12. The SMILES string of the molecule is CC(C)Cc1ccc([C@H]([NH3+])c2cccs2)cc1. The Labute approximate surface area is 107 Å². The van der Waals surface area contributed by atoms with Crippen molar-refractivity contribution in [2.24, 2.45) is 5.92 Å². The largest absolute Gasteiger partial charge is 0.347 e. The van der Waals surface area contributed by atoms with Crippen LogP contribution >= 0.6 is 11.3 Å². The maximum atomic E-state index is 4.25. The first-order chi connectivity index (χ1) is 8.16. The predicted molar refractivity (Wildman–Crippen MR) is 74.0 cm³/mol. The molecule has 0 aliphatic rings. The van der Waals surface area contributed by atoms with Gasteiger partial charge in [-0.05, 0) is 29.3 Å². The van der Waals surface area contributed by atoms with Gasteiger partial charge in [-0.15, -0.1) is 11.3 Å². The Kier molecular flexibility index (Phi) is 3.97. The number of quaternary nitrogens is 1. The van der Waals surface area contributed by atoms with Crippen molar-refractivity contribution >= 4 is 11.3 Å². The minimum absolute atomic E-state index is 0.267. The molecule has 0 aliphatic heterocycles. The number of benzene rings is 1. The van der Waals surface area contributed by atoms with Gasteiger partial charge in [0.25, 0.3) is 0 Å². The molecule has 0 amide bonds. The number of hydrogen-bond donors (Lipinski definition) is 1. The van der Waals surface area contributed by atoms with Crippen LogP contribution in [0.1, 0.15) is 35.9 Å². The fraction of sp³-hybridized carbons (Fsp3) is 0.333. The van der Waals surface area contributed by atoms with Gasteiger partial charge in [0.1, 0.15) is 6.04 Å². The summed E-state index contributed by atoms with van der Waals surface area (Å²) in [6, 6.07) is 13.4. The molecule has 0 spiro atoms. The van der Waals surface area contributed by atoms with Gasteiger partial charge in [0, 0.05) is 5.56 Å². The van der Waals surface area contributed by atoms with Crippen molar-refractivity contribution in [1.82, 2.24) is 0 Å². The molecular formula is C15H20NS+. The lowest BCUT2D eigenvalue weighted by Gasteiger charge is -2.09. The summed E-state index contributed by atoms with van der Waals surface area (Å²) >= 11 is 1.78. The highest BCUT2D eigenvalue weighted by molar-refractivity contribution is 7.10. The number of rotatable bonds is 4. The quantitative estimate of drug-likeness (QED) is 0.857. The Morgan fingerprint density at radius 3 is 2.35 bits per heavy atom. The van der Waals surface area contributed by atoms with Crippen LogP contribution in [0.5, 0.6) is 0 Å². The van der Waals surface area contributed by atoms with Gasteiger partial charge in [0.15, 0.2) is 0 Å². The molecule has 2 rings (SSSR count). The van der Waals surface area contributed by atoms with Gasteiger partial charge >= 0.3 is 0 Å². The lowest BCUT2D eigenvalue weighted by molar-refractivity contribution is -0.410. The van der Waals surface area contributed by atoms with Crippen molar-refractivity contribution in [2.45, 2.75) is 26.3 Å². The van der Waals surface area contributed by atoms with Crippen LogP contribution in [-0.4, -0.2) is 0 Å². The zero-order valence-corrected chi connectivity index (χ0v) is 11.3. The van der Waals surface area contributed by atoms with E-state index >= 15 is 0 Å². The van der Waals surface area contributed by atoms with E-state index in [0.717, 1.165) is 6.42 Å². The molecule has 0 aliphatic carbocycles. The predicted octanol–water partition coefficient (Wildman–Crippen LogP) is 3.28. The van der Waals surface area contributed by atoms with Gasteiger partial charge in [0.05, 0.1) is 4.88 Å². The van der Waals surface area contributed by atoms with Crippen molar-refractivity contribution in [2.75, 3.05) is 0 Å². The second-order valence-corrected chi connectivity index (χ2v) is 5.89. The third-order valence-electron chi connectivity index (χ3n) is 2.91. The van der Waals surface area contributed by atoms with E-state index in [9.17, 15) is 0 Å². The monoisotopic (exact) mass is 246 g/mol. The summed E-state index contributed by atoms with van der Waals surface area (Å²) in [5.41, 5.74) is 6.98. The van der Waals surface area contributed by atoms with Gasteiger partial charge < -0.3 is 5.73 Å². The van der Waals surface area contributed by atoms with Crippen LogP contribution in [0.15, 0.2) is 41.8 Å². The highest BCUT2D eigenvalue weighted by Crippen LogP contribution is 2.22. The fourth-order valence-electron chi connectivity index (χ4n) is 2.01. The Morgan fingerprint density at radius 2 is 1.82 bits per heavy atom. The molecule has 2 aromatic rings. The lowest BCUT2D eigenvalue weighted by Crippen LogP contribution is -2.53. The molecule has 0 saturated heterocycles. The Hall–Kier alpha value is -1.12. The topological polar surface area (TPSA) is 27.6 Å². The van der Waals surface area contributed by atoms with E-state index in [1.165, 1.54) is 16.0 Å². The number of hydrogen-bond acceptors (Lipinski definition) is 1. The maximum absolute atomic E-state index is 4.25. The van der Waals surface area contributed by atoms with Gasteiger partial charge in [-0.1, -0.05) is 44.2 Å². The van der Waals surface area contributed by atoms with Crippen LogP contribution in [0.2, 0.25) is 0 Å². The average molecular weight is 246 g/mol. The minimum Gasteiger partial charge on any atom is -0.347 e. The van der Waals surface area contributed by atoms with Crippen LogP contribution < -0.4 is 5.73 Å². The fourth-order valence-corrected chi connectivity index (χ4v) is 2.78. The van der Waals surface area contributed by atoms with Crippen molar-refractivity contribution in [1.29, 1.82) is 0 Å². The van der Waals surface area contributed by atoms with E-state index in [0.29, 0.717) is 5.92 Å². The van der Waals surface area contributed by atoms with Gasteiger partial charge in [0.2, 0.25) is 0 Å². The van der Waals surface area contributed by atoms with E-state index in [1.807, 2.05) is 0 Å². The zero-order valence-electron chi connectivity index (χ0n) is 10.5. The van der Waals surface area contributed by atoms with Gasteiger partial charge in [-0.3, -0.25) is 0 Å². The highest BCUT2D eigenvalue weighted by atomic mass is 32.1. The Morgan fingerprint density at radius 1 is 1.12 bits per heavy atom. The molecule has 0 unspecified atom stereocenters. The molecule has 2 heteroatoms. The summed E-state index contributed by atoms with van der Waals surface area (Å²) < 4.78 is 0. The molecule has 1 heterocycles. The first-order valence-electron chi connectivity index (χ1n) is 6.12. The smallest absolute Gasteiger partial charge is 0.145 e. The second-order valence-electron chi connectivity index (χ2n) is 4.91. The molecule has 17 heavy (non-hydrogen) atoms. The summed E-state index contributed by atoms with van der Waals surface area (Å²) in [6.45, 7) is 4.51. The molecule has 3 N–H and O–H groups in total. The van der Waals surface area contributed by atoms with Crippen LogP contribution in [0, 0.1) is 5.92 Å². The van der Waals surface area contributed by atoms with Crippen molar-refractivity contribution in [3.05, 3.63) is 57.8 Å². The van der Waals surface area contributed by atoms with Crippen LogP contribution in [0.3, 0.4) is 0 Å². The van der Waals surface area contributed by atoms with Crippen molar-refractivity contribution in [3.63, 3.8) is 0 Å². The average Bonchev–Trinajstić information content (AvgIpc) is 2.82. The van der Waals surface area contributed by atoms with Gasteiger partial charge in [-0.2, -0.15) is 0 Å². The summed E-state index contributed by atoms with van der Waals surface area (Å²) in [5.74, 6) is 0.716. The first-order valence-corrected chi connectivity index (χ1v) is 7.00. The van der Waals surface area contributed by atoms with Crippen LogP contribution in [0.25, 0.3) is 0 Å². The zero-order chi connectivity index (χ0) is 12.3. The third-order valence-corrected chi connectivity index (χ3v) is 3.90. The molecule has 1 aromatic heterocycles. The van der Waals surface area contributed by atoms with Gasteiger partial charge in [-0.25, -0.2) is 0 Å². The van der Waals surface area contributed by atoms with Crippen molar-refractivity contribution in [3.8, 4) is 0 Å². The molecule has 0 bridgehead atoms. The maximum Gasteiger partial charge on any atom is 0.145 e. The van der Waals surface area contributed by atoms with E-state index in [1.54, 1.807) is 11.3 Å². The molecule has 0 radical (unpaired) electrons. The molecular weight excluding hydrogens is 226 g/mol. The Bertz CT molecular complexity index is 442. The molecule has 1 atom stereocenters. The summed E-state index contributed by atoms with van der Waals surface area (Å²) in [7, 11) is 0. The molecule has 0 saturated carbocycles. The van der Waals surface area contributed by atoms with E-state index in [-0.39, 0.29) is 6.04 Å². The van der Waals surface area contributed by atoms with Crippen molar-refractivity contribution < 1.29 is 5.73 Å². The first kappa shape index (κ1) is 12.3. The standard InChI is InChI=1S/C15H19NS/c1-11(2)10-12-5-7-13(8-6-12)15(16)14-4-3-9-17-14/h3-9,11,15H,10,16H2,1-2H3/p+1/t15-/m0/s1.